The Morgan fingerprint density at radius 1 is 1.39 bits per heavy atom. The molecule has 0 amide bonds. The van der Waals surface area contributed by atoms with Gasteiger partial charge in [0.2, 0.25) is 0 Å². The number of para-hydroxylation sites is 1. The van der Waals surface area contributed by atoms with E-state index in [0.29, 0.717) is 0 Å². The third kappa shape index (κ3) is 3.09. The predicted molar refractivity (Wildman–Crippen MR) is 75.1 cm³/mol. The van der Waals surface area contributed by atoms with Crippen LogP contribution in [0.5, 0.6) is 5.75 Å². The average Bonchev–Trinajstić information content (AvgIpc) is 2.81. The Bertz CT molecular complexity index is 510. The third-order valence-electron chi connectivity index (χ3n) is 2.86. The van der Waals surface area contributed by atoms with Crippen LogP contribution in [0.15, 0.2) is 29.6 Å². The summed E-state index contributed by atoms with van der Waals surface area (Å²) in [4.78, 5) is 4.44. The van der Waals surface area contributed by atoms with Gasteiger partial charge in [-0.2, -0.15) is 0 Å². The minimum atomic E-state index is 0.239. The summed E-state index contributed by atoms with van der Waals surface area (Å²) in [6.07, 6.45) is 0. The first-order valence-corrected chi connectivity index (χ1v) is 6.86. The van der Waals surface area contributed by atoms with E-state index in [1.54, 1.807) is 18.4 Å². The van der Waals surface area contributed by atoms with Crippen molar-refractivity contribution < 1.29 is 4.74 Å². The van der Waals surface area contributed by atoms with Crippen LogP contribution in [0.4, 0.5) is 0 Å². The summed E-state index contributed by atoms with van der Waals surface area (Å²) in [5.74, 6) is 0.923. The summed E-state index contributed by atoms with van der Waals surface area (Å²) in [6, 6.07) is 8.33. The van der Waals surface area contributed by atoms with Gasteiger partial charge < -0.3 is 10.1 Å². The van der Waals surface area contributed by atoms with Crippen LogP contribution in [-0.2, 0) is 6.54 Å². The van der Waals surface area contributed by atoms with Gasteiger partial charge in [-0.1, -0.05) is 18.2 Å². The van der Waals surface area contributed by atoms with E-state index in [1.165, 1.54) is 5.56 Å². The monoisotopic (exact) mass is 262 g/mol. The number of nitrogens with one attached hydrogen (secondary N) is 1. The highest BCUT2D eigenvalue weighted by molar-refractivity contribution is 7.09. The molecule has 1 heterocycles. The molecule has 0 aliphatic rings. The Hall–Kier alpha value is -1.39. The number of methoxy groups -OCH3 is 1. The number of hydrogen-bond acceptors (Lipinski definition) is 4. The average molecular weight is 262 g/mol. The van der Waals surface area contributed by atoms with E-state index in [2.05, 4.69) is 28.7 Å². The molecule has 0 saturated heterocycles. The van der Waals surface area contributed by atoms with E-state index in [-0.39, 0.29) is 6.04 Å². The smallest absolute Gasteiger partial charge is 0.123 e. The lowest BCUT2D eigenvalue weighted by atomic mass is 10.1. The molecule has 1 aromatic carbocycles. The summed E-state index contributed by atoms with van der Waals surface area (Å²) in [5, 5.41) is 6.67. The molecule has 96 valence electrons. The fourth-order valence-corrected chi connectivity index (χ4v) is 2.49. The van der Waals surface area contributed by atoms with Gasteiger partial charge in [0.25, 0.3) is 0 Å². The quantitative estimate of drug-likeness (QED) is 0.897. The topological polar surface area (TPSA) is 34.1 Å². The molecule has 1 atom stereocenters. The first-order valence-electron chi connectivity index (χ1n) is 5.98. The highest BCUT2D eigenvalue weighted by Crippen LogP contribution is 2.24. The lowest BCUT2D eigenvalue weighted by Gasteiger charge is -2.16. The van der Waals surface area contributed by atoms with Gasteiger partial charge in [0, 0.05) is 23.5 Å². The number of ether oxygens (including phenoxy) is 1. The minimum absolute atomic E-state index is 0.239. The molecular weight excluding hydrogens is 244 g/mol. The number of rotatable bonds is 5. The first kappa shape index (κ1) is 13.1. The van der Waals surface area contributed by atoms with E-state index < -0.39 is 0 Å². The van der Waals surface area contributed by atoms with E-state index >= 15 is 0 Å². The highest BCUT2D eigenvalue weighted by Gasteiger charge is 2.10. The lowest BCUT2D eigenvalue weighted by Crippen LogP contribution is -2.18. The second kappa shape index (κ2) is 5.98. The van der Waals surface area contributed by atoms with Crippen LogP contribution in [0.1, 0.15) is 29.2 Å². The van der Waals surface area contributed by atoms with Crippen molar-refractivity contribution in [1.29, 1.82) is 0 Å². The van der Waals surface area contributed by atoms with E-state index in [9.17, 15) is 0 Å². The number of aryl methyl sites for hydroxylation is 1. The zero-order valence-electron chi connectivity index (χ0n) is 10.9. The van der Waals surface area contributed by atoms with E-state index in [4.69, 9.17) is 4.74 Å². The van der Waals surface area contributed by atoms with Gasteiger partial charge in [-0.3, -0.25) is 0 Å². The van der Waals surface area contributed by atoms with Crippen molar-refractivity contribution in [3.05, 3.63) is 45.9 Å². The SMILES string of the molecule is COc1ccccc1[C@@H](C)NCc1csc(C)n1. The molecule has 0 unspecified atom stereocenters. The Labute approximate surface area is 112 Å². The van der Waals surface area contributed by atoms with Crippen molar-refractivity contribution in [1.82, 2.24) is 10.3 Å². The molecule has 0 bridgehead atoms. The third-order valence-corrected chi connectivity index (χ3v) is 3.68. The van der Waals surface area contributed by atoms with Crippen molar-refractivity contribution in [2.24, 2.45) is 0 Å². The Morgan fingerprint density at radius 2 is 2.17 bits per heavy atom. The molecule has 1 aromatic heterocycles. The van der Waals surface area contributed by atoms with Crippen LogP contribution in [-0.4, -0.2) is 12.1 Å². The fourth-order valence-electron chi connectivity index (χ4n) is 1.88. The second-order valence-electron chi connectivity index (χ2n) is 4.20. The maximum atomic E-state index is 5.37. The van der Waals surface area contributed by atoms with Crippen molar-refractivity contribution >= 4 is 11.3 Å². The van der Waals surface area contributed by atoms with Gasteiger partial charge in [-0.25, -0.2) is 4.98 Å². The summed E-state index contributed by atoms with van der Waals surface area (Å²) in [7, 11) is 1.70. The van der Waals surface area contributed by atoms with E-state index in [0.717, 1.165) is 23.0 Å². The van der Waals surface area contributed by atoms with Crippen LogP contribution in [0.3, 0.4) is 0 Å². The lowest BCUT2D eigenvalue weighted by molar-refractivity contribution is 0.401. The normalized spacial score (nSPS) is 12.4. The molecule has 1 N–H and O–H groups in total. The molecule has 0 aliphatic heterocycles. The van der Waals surface area contributed by atoms with Gasteiger partial charge in [0.05, 0.1) is 17.8 Å². The number of aromatic nitrogens is 1. The van der Waals surface area contributed by atoms with Crippen molar-refractivity contribution in [3.63, 3.8) is 0 Å². The highest BCUT2D eigenvalue weighted by atomic mass is 32.1. The van der Waals surface area contributed by atoms with Crippen LogP contribution in [0, 0.1) is 6.92 Å². The maximum Gasteiger partial charge on any atom is 0.123 e. The number of thiazole rings is 1. The standard InChI is InChI=1S/C14H18N2OS/c1-10(13-6-4-5-7-14(13)17-3)15-8-12-9-18-11(2)16-12/h4-7,9-10,15H,8H2,1-3H3/t10-/m1/s1. The van der Waals surface area contributed by atoms with Gasteiger partial charge in [0.15, 0.2) is 0 Å². The van der Waals surface area contributed by atoms with Crippen LogP contribution >= 0.6 is 11.3 Å². The molecule has 0 saturated carbocycles. The minimum Gasteiger partial charge on any atom is -0.496 e. The number of nitrogens with zero attached hydrogens (tertiary/aromatic N) is 1. The molecule has 0 radical (unpaired) electrons. The van der Waals surface area contributed by atoms with E-state index in [1.807, 2.05) is 25.1 Å². The summed E-state index contributed by atoms with van der Waals surface area (Å²) < 4.78 is 5.37. The van der Waals surface area contributed by atoms with Gasteiger partial charge in [-0.15, -0.1) is 11.3 Å². The Balaban J connectivity index is 2.01. The molecule has 4 heteroatoms. The van der Waals surface area contributed by atoms with Crippen LogP contribution < -0.4 is 10.1 Å². The summed E-state index contributed by atoms with van der Waals surface area (Å²) in [6.45, 7) is 4.94. The number of hydrogen-bond donors (Lipinski definition) is 1. The Kier molecular flexibility index (Phi) is 4.33. The van der Waals surface area contributed by atoms with Gasteiger partial charge >= 0.3 is 0 Å². The van der Waals surface area contributed by atoms with Gasteiger partial charge in [-0.05, 0) is 19.9 Å². The molecule has 2 aromatic rings. The molecule has 2 rings (SSSR count). The van der Waals surface area contributed by atoms with Gasteiger partial charge in [0.1, 0.15) is 5.75 Å². The maximum absolute atomic E-state index is 5.37. The number of benzene rings is 1. The second-order valence-corrected chi connectivity index (χ2v) is 5.26. The molecule has 0 spiro atoms. The molecule has 0 aliphatic carbocycles. The first-order chi connectivity index (χ1) is 8.70. The predicted octanol–water partition coefficient (Wildman–Crippen LogP) is 3.31. The van der Waals surface area contributed by atoms with Crippen molar-refractivity contribution in [2.75, 3.05) is 7.11 Å². The van der Waals surface area contributed by atoms with Crippen LogP contribution in [0.2, 0.25) is 0 Å². The molecule has 3 nitrogen and oxygen atoms in total. The molecule has 0 fully saturated rings. The zero-order valence-corrected chi connectivity index (χ0v) is 11.8. The molecular formula is C14H18N2OS. The fraction of sp³-hybridized carbons (Fsp3) is 0.357. The zero-order chi connectivity index (χ0) is 13.0. The molecule has 18 heavy (non-hydrogen) atoms. The summed E-state index contributed by atoms with van der Waals surface area (Å²) in [5.41, 5.74) is 2.27. The summed E-state index contributed by atoms with van der Waals surface area (Å²) >= 11 is 1.68. The van der Waals surface area contributed by atoms with Crippen molar-refractivity contribution in [3.8, 4) is 5.75 Å². The Morgan fingerprint density at radius 3 is 2.83 bits per heavy atom. The van der Waals surface area contributed by atoms with Crippen molar-refractivity contribution in [2.45, 2.75) is 26.4 Å². The largest absolute Gasteiger partial charge is 0.496 e. The van der Waals surface area contributed by atoms with Crippen LogP contribution in [0.25, 0.3) is 0 Å².